The van der Waals surface area contributed by atoms with Crippen LogP contribution in [0.5, 0.6) is 0 Å². The molecule has 0 bridgehead atoms. The highest BCUT2D eigenvalue weighted by atomic mass is 15.2. The second-order valence-corrected chi connectivity index (χ2v) is 5.85. The number of nitrogens with zero attached hydrogens (tertiary/aromatic N) is 1. The molecule has 0 aliphatic carbocycles. The molecule has 0 N–H and O–H groups in total. The molecule has 1 heteroatoms. The molecule has 0 saturated carbocycles. The average molecular weight is 223 g/mol. The minimum atomic E-state index is 0.938. The van der Waals surface area contributed by atoms with E-state index < -0.39 is 0 Å². The standard InChI is InChI=1S/C15H29N/c1-3-5-8-14-11-12-15-10-6-9-13(7-4-2)16(14)15/h13-15H,3-12H2,1-2H3/t13?,14?,15-/m1/s1. The maximum Gasteiger partial charge on any atom is 0.0102 e. The number of piperidine rings is 1. The Morgan fingerprint density at radius 2 is 1.69 bits per heavy atom. The smallest absolute Gasteiger partial charge is 0.0102 e. The number of fused-ring (bicyclic) bond motifs is 1. The van der Waals surface area contributed by atoms with Crippen molar-refractivity contribution in [2.45, 2.75) is 96.2 Å². The van der Waals surface area contributed by atoms with Gasteiger partial charge in [-0.05, 0) is 38.5 Å². The molecule has 0 aromatic heterocycles. The second-order valence-electron chi connectivity index (χ2n) is 5.85. The molecular weight excluding hydrogens is 194 g/mol. The zero-order valence-corrected chi connectivity index (χ0v) is 11.3. The number of hydrogen-bond donors (Lipinski definition) is 0. The van der Waals surface area contributed by atoms with Crippen LogP contribution in [0.25, 0.3) is 0 Å². The van der Waals surface area contributed by atoms with Crippen LogP contribution in [0.3, 0.4) is 0 Å². The topological polar surface area (TPSA) is 3.24 Å². The van der Waals surface area contributed by atoms with Gasteiger partial charge in [-0.15, -0.1) is 0 Å². The predicted molar refractivity (Wildman–Crippen MR) is 70.7 cm³/mol. The molecule has 2 saturated heterocycles. The van der Waals surface area contributed by atoms with Crippen LogP contribution in [0, 0.1) is 0 Å². The van der Waals surface area contributed by atoms with Crippen LogP contribution >= 0.6 is 0 Å². The minimum absolute atomic E-state index is 0.938. The molecule has 16 heavy (non-hydrogen) atoms. The highest BCUT2D eigenvalue weighted by molar-refractivity contribution is 4.94. The second kappa shape index (κ2) is 6.05. The Bertz CT molecular complexity index is 200. The quantitative estimate of drug-likeness (QED) is 0.669. The van der Waals surface area contributed by atoms with E-state index in [9.17, 15) is 0 Å². The average Bonchev–Trinajstić information content (AvgIpc) is 2.71. The first-order valence-electron chi connectivity index (χ1n) is 7.64. The van der Waals surface area contributed by atoms with E-state index in [4.69, 9.17) is 0 Å². The summed E-state index contributed by atoms with van der Waals surface area (Å²) in [5.74, 6) is 0. The summed E-state index contributed by atoms with van der Waals surface area (Å²) in [5, 5.41) is 0. The summed E-state index contributed by atoms with van der Waals surface area (Å²) < 4.78 is 0. The Hall–Kier alpha value is -0.0400. The van der Waals surface area contributed by atoms with Crippen molar-refractivity contribution in [3.05, 3.63) is 0 Å². The molecule has 3 atom stereocenters. The fourth-order valence-corrected chi connectivity index (χ4v) is 3.97. The Balaban J connectivity index is 1.94. The molecule has 1 nitrogen and oxygen atoms in total. The largest absolute Gasteiger partial charge is 0.294 e. The summed E-state index contributed by atoms with van der Waals surface area (Å²) in [6, 6.07) is 2.85. The van der Waals surface area contributed by atoms with E-state index in [2.05, 4.69) is 18.7 Å². The Labute approximate surface area is 102 Å². The van der Waals surface area contributed by atoms with Gasteiger partial charge in [0, 0.05) is 18.1 Å². The molecular formula is C15H29N. The Morgan fingerprint density at radius 3 is 2.44 bits per heavy atom. The van der Waals surface area contributed by atoms with Gasteiger partial charge < -0.3 is 0 Å². The van der Waals surface area contributed by atoms with Crippen LogP contribution in [0.15, 0.2) is 0 Å². The van der Waals surface area contributed by atoms with Crippen molar-refractivity contribution >= 4 is 0 Å². The zero-order chi connectivity index (χ0) is 11.4. The highest BCUT2D eigenvalue weighted by Crippen LogP contribution is 2.38. The number of unbranched alkanes of at least 4 members (excludes halogenated alkanes) is 1. The molecule has 2 rings (SSSR count). The van der Waals surface area contributed by atoms with E-state index in [1.54, 1.807) is 0 Å². The van der Waals surface area contributed by atoms with Crippen molar-refractivity contribution < 1.29 is 0 Å². The molecule has 0 spiro atoms. The van der Waals surface area contributed by atoms with Crippen LogP contribution in [-0.4, -0.2) is 23.0 Å². The maximum atomic E-state index is 2.95. The van der Waals surface area contributed by atoms with Gasteiger partial charge in [0.1, 0.15) is 0 Å². The van der Waals surface area contributed by atoms with Gasteiger partial charge in [0.25, 0.3) is 0 Å². The first kappa shape index (κ1) is 12.4. The van der Waals surface area contributed by atoms with Crippen molar-refractivity contribution in [2.75, 3.05) is 0 Å². The summed E-state index contributed by atoms with van der Waals surface area (Å²) in [7, 11) is 0. The first-order valence-corrected chi connectivity index (χ1v) is 7.64. The van der Waals surface area contributed by atoms with Gasteiger partial charge in [0.15, 0.2) is 0 Å². The van der Waals surface area contributed by atoms with Crippen LogP contribution in [-0.2, 0) is 0 Å². The van der Waals surface area contributed by atoms with Gasteiger partial charge in [0.2, 0.25) is 0 Å². The van der Waals surface area contributed by atoms with E-state index in [0.717, 1.165) is 18.1 Å². The first-order chi connectivity index (χ1) is 7.86. The molecule has 0 amide bonds. The van der Waals surface area contributed by atoms with Crippen LogP contribution in [0.1, 0.15) is 78.1 Å². The zero-order valence-electron chi connectivity index (χ0n) is 11.3. The monoisotopic (exact) mass is 223 g/mol. The molecule has 2 aliphatic heterocycles. The van der Waals surface area contributed by atoms with E-state index in [1.807, 2.05) is 0 Å². The lowest BCUT2D eigenvalue weighted by Gasteiger charge is -2.41. The van der Waals surface area contributed by atoms with Gasteiger partial charge in [0.05, 0.1) is 0 Å². The predicted octanol–water partition coefficient (Wildman–Crippen LogP) is 4.36. The summed E-state index contributed by atoms with van der Waals surface area (Å²) >= 11 is 0. The molecule has 0 radical (unpaired) electrons. The number of hydrogen-bond acceptors (Lipinski definition) is 1. The maximum absolute atomic E-state index is 2.95. The fourth-order valence-electron chi connectivity index (χ4n) is 3.97. The summed E-state index contributed by atoms with van der Waals surface area (Å²) in [6.07, 6.45) is 14.5. The third-order valence-corrected chi connectivity index (χ3v) is 4.69. The lowest BCUT2D eigenvalue weighted by Crippen LogP contribution is -2.46. The van der Waals surface area contributed by atoms with Crippen LogP contribution in [0.4, 0.5) is 0 Å². The van der Waals surface area contributed by atoms with E-state index in [1.165, 1.54) is 64.2 Å². The van der Waals surface area contributed by atoms with Crippen LogP contribution < -0.4 is 0 Å². The molecule has 2 fully saturated rings. The van der Waals surface area contributed by atoms with Gasteiger partial charge in [-0.3, -0.25) is 4.90 Å². The Morgan fingerprint density at radius 1 is 0.875 bits per heavy atom. The van der Waals surface area contributed by atoms with Crippen molar-refractivity contribution in [3.63, 3.8) is 0 Å². The SMILES string of the molecule is CCCCC1CC[C@H]2CCCC(CCC)N12. The molecule has 2 aliphatic rings. The molecule has 0 aromatic carbocycles. The van der Waals surface area contributed by atoms with Crippen molar-refractivity contribution in [3.8, 4) is 0 Å². The highest BCUT2D eigenvalue weighted by Gasteiger charge is 2.39. The van der Waals surface area contributed by atoms with Gasteiger partial charge in [-0.1, -0.05) is 39.5 Å². The molecule has 2 unspecified atom stereocenters. The third-order valence-electron chi connectivity index (χ3n) is 4.69. The minimum Gasteiger partial charge on any atom is -0.294 e. The van der Waals surface area contributed by atoms with Crippen molar-refractivity contribution in [2.24, 2.45) is 0 Å². The molecule has 0 aromatic rings. The summed E-state index contributed by atoms with van der Waals surface area (Å²) in [5.41, 5.74) is 0. The van der Waals surface area contributed by atoms with Gasteiger partial charge >= 0.3 is 0 Å². The van der Waals surface area contributed by atoms with Crippen LogP contribution in [0.2, 0.25) is 0 Å². The molecule has 94 valence electrons. The van der Waals surface area contributed by atoms with Crippen molar-refractivity contribution in [1.82, 2.24) is 4.90 Å². The van der Waals surface area contributed by atoms with Gasteiger partial charge in [-0.25, -0.2) is 0 Å². The van der Waals surface area contributed by atoms with E-state index in [0.29, 0.717) is 0 Å². The number of rotatable bonds is 5. The fraction of sp³-hybridized carbons (Fsp3) is 1.00. The third kappa shape index (κ3) is 2.61. The van der Waals surface area contributed by atoms with E-state index in [-0.39, 0.29) is 0 Å². The van der Waals surface area contributed by atoms with Crippen molar-refractivity contribution in [1.29, 1.82) is 0 Å². The molecule has 2 heterocycles. The Kier molecular flexibility index (Phi) is 4.69. The summed E-state index contributed by atoms with van der Waals surface area (Å²) in [6.45, 7) is 4.67. The van der Waals surface area contributed by atoms with Gasteiger partial charge in [-0.2, -0.15) is 0 Å². The lowest BCUT2D eigenvalue weighted by atomic mass is 9.93. The van der Waals surface area contributed by atoms with E-state index >= 15 is 0 Å². The summed E-state index contributed by atoms with van der Waals surface area (Å²) in [4.78, 5) is 2.95. The normalized spacial score (nSPS) is 35.2. The lowest BCUT2D eigenvalue weighted by molar-refractivity contribution is 0.0715.